The van der Waals surface area contributed by atoms with Gasteiger partial charge in [-0.25, -0.2) is 0 Å². The standard InChI is InChI=1S/C36H50N2/c1-26(2)8-7-9-27(3)16-17-37-25-35(23-28-10-5-4-6-11-28)38-24-29-12-14-32(15-13-29)36-33-19-30-18-31(21-33)22-34(36)20-30/h4-6,8,10-16,30-31,33-38H,7,9,17-25H2,1-3H3/b27-16+. The minimum Gasteiger partial charge on any atom is -0.312 e. The van der Waals surface area contributed by atoms with Gasteiger partial charge < -0.3 is 10.6 Å². The molecular weight excluding hydrogens is 460 g/mol. The third kappa shape index (κ3) is 7.48. The van der Waals surface area contributed by atoms with Crippen LogP contribution in [-0.4, -0.2) is 19.1 Å². The first-order valence-corrected chi connectivity index (χ1v) is 15.4. The van der Waals surface area contributed by atoms with Crippen LogP contribution in [0.4, 0.5) is 0 Å². The number of rotatable bonds is 13. The second-order valence-corrected chi connectivity index (χ2v) is 13.0. The van der Waals surface area contributed by atoms with Crippen molar-refractivity contribution in [3.8, 4) is 0 Å². The number of benzene rings is 2. The van der Waals surface area contributed by atoms with Crippen LogP contribution in [-0.2, 0) is 13.0 Å². The molecule has 0 radical (unpaired) electrons. The first-order chi connectivity index (χ1) is 18.5. The average molecular weight is 511 g/mol. The van der Waals surface area contributed by atoms with E-state index in [1.54, 1.807) is 5.56 Å². The summed E-state index contributed by atoms with van der Waals surface area (Å²) >= 11 is 0. The Labute approximate surface area is 232 Å². The van der Waals surface area contributed by atoms with E-state index in [0.717, 1.165) is 68.5 Å². The lowest BCUT2D eigenvalue weighted by molar-refractivity contribution is -0.00278. The molecule has 204 valence electrons. The Morgan fingerprint density at radius 3 is 2.16 bits per heavy atom. The maximum atomic E-state index is 3.88. The highest BCUT2D eigenvalue weighted by atomic mass is 15.0. The van der Waals surface area contributed by atoms with Crippen molar-refractivity contribution in [3.05, 3.63) is 94.6 Å². The summed E-state index contributed by atoms with van der Waals surface area (Å²) in [5, 5.41) is 7.58. The zero-order chi connectivity index (χ0) is 26.3. The van der Waals surface area contributed by atoms with Gasteiger partial charge in [-0.05, 0) is 118 Å². The summed E-state index contributed by atoms with van der Waals surface area (Å²) in [4.78, 5) is 0. The Morgan fingerprint density at radius 1 is 0.816 bits per heavy atom. The monoisotopic (exact) mass is 510 g/mol. The van der Waals surface area contributed by atoms with E-state index in [0.29, 0.717) is 6.04 Å². The van der Waals surface area contributed by atoms with E-state index in [-0.39, 0.29) is 0 Å². The summed E-state index contributed by atoms with van der Waals surface area (Å²) in [5.74, 6) is 4.85. The molecule has 0 amide bonds. The topological polar surface area (TPSA) is 24.1 Å². The van der Waals surface area contributed by atoms with E-state index in [9.17, 15) is 0 Å². The molecule has 2 aromatic rings. The van der Waals surface area contributed by atoms with Gasteiger partial charge in [0.2, 0.25) is 0 Å². The molecule has 1 unspecified atom stereocenters. The SMILES string of the molecule is CC(C)=CCC/C(C)=C/CNCC(Cc1ccccc1)NCc1ccc(C2C3CC4CC(C3)CC2C4)cc1. The fraction of sp³-hybridized carbons (Fsp3) is 0.556. The van der Waals surface area contributed by atoms with Crippen molar-refractivity contribution in [1.29, 1.82) is 0 Å². The number of hydrogen-bond donors (Lipinski definition) is 2. The second-order valence-electron chi connectivity index (χ2n) is 13.0. The summed E-state index contributed by atoms with van der Waals surface area (Å²) in [6, 6.07) is 21.1. The first-order valence-electron chi connectivity index (χ1n) is 15.4. The molecule has 0 spiro atoms. The van der Waals surface area contributed by atoms with Gasteiger partial charge in [0.1, 0.15) is 0 Å². The fourth-order valence-corrected chi connectivity index (χ4v) is 7.90. The molecule has 2 aromatic carbocycles. The quantitative estimate of drug-likeness (QED) is 0.210. The van der Waals surface area contributed by atoms with Crippen molar-refractivity contribution in [2.75, 3.05) is 13.1 Å². The zero-order valence-electron chi connectivity index (χ0n) is 24.1. The Kier molecular flexibility index (Phi) is 9.57. The molecule has 0 heterocycles. The van der Waals surface area contributed by atoms with Crippen LogP contribution >= 0.6 is 0 Å². The highest BCUT2D eigenvalue weighted by Crippen LogP contribution is 2.59. The van der Waals surface area contributed by atoms with Gasteiger partial charge in [-0.3, -0.25) is 0 Å². The predicted octanol–water partition coefficient (Wildman–Crippen LogP) is 8.21. The maximum absolute atomic E-state index is 3.88. The summed E-state index contributed by atoms with van der Waals surface area (Å²) in [7, 11) is 0. The molecular formula is C36H50N2. The van der Waals surface area contributed by atoms with Gasteiger partial charge in [0.25, 0.3) is 0 Å². The fourth-order valence-electron chi connectivity index (χ4n) is 7.90. The molecule has 6 rings (SSSR count). The molecule has 4 fully saturated rings. The molecule has 4 saturated carbocycles. The Bertz CT molecular complexity index is 1030. The lowest BCUT2D eigenvalue weighted by atomic mass is 9.51. The first kappa shape index (κ1) is 27.4. The van der Waals surface area contributed by atoms with Crippen LogP contribution in [0.25, 0.3) is 0 Å². The van der Waals surface area contributed by atoms with Gasteiger partial charge in [0.05, 0.1) is 0 Å². The van der Waals surface area contributed by atoms with Crippen LogP contribution < -0.4 is 10.6 Å². The molecule has 2 nitrogen and oxygen atoms in total. The van der Waals surface area contributed by atoms with Crippen LogP contribution in [0.2, 0.25) is 0 Å². The van der Waals surface area contributed by atoms with Gasteiger partial charge >= 0.3 is 0 Å². The summed E-state index contributed by atoms with van der Waals surface area (Å²) in [6.07, 6.45) is 15.6. The smallest absolute Gasteiger partial charge is 0.0236 e. The van der Waals surface area contributed by atoms with Crippen molar-refractivity contribution < 1.29 is 0 Å². The highest BCUT2D eigenvalue weighted by Gasteiger charge is 2.48. The molecule has 1 atom stereocenters. The number of allylic oxidation sites excluding steroid dienone is 3. The molecule has 38 heavy (non-hydrogen) atoms. The molecule has 0 aromatic heterocycles. The van der Waals surface area contributed by atoms with Gasteiger partial charge in [-0.1, -0.05) is 77.9 Å². The van der Waals surface area contributed by atoms with Crippen LogP contribution in [0.3, 0.4) is 0 Å². The van der Waals surface area contributed by atoms with E-state index in [1.807, 2.05) is 0 Å². The van der Waals surface area contributed by atoms with Crippen LogP contribution in [0.1, 0.15) is 88.3 Å². The highest BCUT2D eigenvalue weighted by molar-refractivity contribution is 5.28. The van der Waals surface area contributed by atoms with Gasteiger partial charge in [0.15, 0.2) is 0 Å². The summed E-state index contributed by atoms with van der Waals surface area (Å²) < 4.78 is 0. The third-order valence-corrected chi connectivity index (χ3v) is 9.59. The molecule has 2 N–H and O–H groups in total. The van der Waals surface area contributed by atoms with Crippen LogP contribution in [0.5, 0.6) is 0 Å². The minimum atomic E-state index is 0.404. The van der Waals surface area contributed by atoms with Crippen LogP contribution in [0.15, 0.2) is 77.9 Å². The third-order valence-electron chi connectivity index (χ3n) is 9.59. The summed E-state index contributed by atoms with van der Waals surface area (Å²) in [6.45, 7) is 9.45. The van der Waals surface area contributed by atoms with Crippen molar-refractivity contribution in [1.82, 2.24) is 10.6 Å². The van der Waals surface area contributed by atoms with Gasteiger partial charge in [0, 0.05) is 25.7 Å². The normalized spacial score (nSPS) is 26.9. The average Bonchev–Trinajstić information content (AvgIpc) is 2.90. The van der Waals surface area contributed by atoms with Crippen LogP contribution in [0, 0.1) is 23.7 Å². The van der Waals surface area contributed by atoms with Crippen molar-refractivity contribution in [2.45, 2.75) is 90.6 Å². The van der Waals surface area contributed by atoms with E-state index in [2.05, 4.69) is 98.2 Å². The zero-order valence-corrected chi connectivity index (χ0v) is 24.1. The largest absolute Gasteiger partial charge is 0.312 e. The maximum Gasteiger partial charge on any atom is 0.0236 e. The molecule has 4 aliphatic rings. The Balaban J connectivity index is 1.13. The molecule has 0 saturated heterocycles. The minimum absolute atomic E-state index is 0.404. The lowest BCUT2D eigenvalue weighted by Gasteiger charge is -2.54. The molecule has 4 aliphatic carbocycles. The van der Waals surface area contributed by atoms with Gasteiger partial charge in [-0.15, -0.1) is 0 Å². The van der Waals surface area contributed by atoms with E-state index >= 15 is 0 Å². The van der Waals surface area contributed by atoms with Crippen molar-refractivity contribution >= 4 is 0 Å². The molecule has 4 bridgehead atoms. The molecule has 0 aliphatic heterocycles. The predicted molar refractivity (Wildman–Crippen MR) is 162 cm³/mol. The second kappa shape index (κ2) is 13.3. The van der Waals surface area contributed by atoms with E-state index in [4.69, 9.17) is 0 Å². The van der Waals surface area contributed by atoms with E-state index < -0.39 is 0 Å². The van der Waals surface area contributed by atoms with Gasteiger partial charge in [-0.2, -0.15) is 0 Å². The van der Waals surface area contributed by atoms with Crippen molar-refractivity contribution in [3.63, 3.8) is 0 Å². The molecule has 2 heteroatoms. The van der Waals surface area contributed by atoms with Crippen molar-refractivity contribution in [2.24, 2.45) is 23.7 Å². The Hall–Kier alpha value is -2.16. The number of hydrogen-bond acceptors (Lipinski definition) is 2. The van der Waals surface area contributed by atoms with E-state index in [1.165, 1.54) is 54.4 Å². The summed E-state index contributed by atoms with van der Waals surface area (Å²) in [5.41, 5.74) is 7.31. The number of nitrogens with one attached hydrogen (secondary N) is 2. The Morgan fingerprint density at radius 2 is 1.50 bits per heavy atom. The lowest BCUT2D eigenvalue weighted by Crippen LogP contribution is -2.43.